The van der Waals surface area contributed by atoms with Gasteiger partial charge in [-0.05, 0) is 47.2 Å². The van der Waals surface area contributed by atoms with Gasteiger partial charge in [-0.3, -0.25) is 0 Å². The van der Waals surface area contributed by atoms with Crippen LogP contribution >= 0.6 is 34.5 Å². The number of aryl methyl sites for hydroxylation is 1. The number of hydrogen-bond acceptors (Lipinski definition) is 1. The van der Waals surface area contributed by atoms with E-state index in [-0.39, 0.29) is 0 Å². The molecule has 0 saturated carbocycles. The van der Waals surface area contributed by atoms with Gasteiger partial charge in [0.25, 0.3) is 0 Å². The summed E-state index contributed by atoms with van der Waals surface area (Å²) in [6.07, 6.45) is 0. The van der Waals surface area contributed by atoms with Crippen LogP contribution in [0.5, 0.6) is 0 Å². The van der Waals surface area contributed by atoms with E-state index in [9.17, 15) is 0 Å². The Balaban J connectivity index is 1.97. The van der Waals surface area contributed by atoms with Crippen molar-refractivity contribution in [2.75, 3.05) is 0 Å². The summed E-state index contributed by atoms with van der Waals surface area (Å²) < 4.78 is 0. The first kappa shape index (κ1) is 13.7. The van der Waals surface area contributed by atoms with E-state index in [0.717, 1.165) is 5.56 Å². The van der Waals surface area contributed by atoms with Gasteiger partial charge in [0.15, 0.2) is 0 Å². The van der Waals surface area contributed by atoms with Crippen LogP contribution in [0.25, 0.3) is 21.6 Å². The molecular formula is C17H12Cl2S. The van der Waals surface area contributed by atoms with E-state index in [1.54, 1.807) is 11.3 Å². The third-order valence-electron chi connectivity index (χ3n) is 3.19. The Morgan fingerprint density at radius 3 is 2.15 bits per heavy atom. The zero-order chi connectivity index (χ0) is 14.1. The minimum atomic E-state index is 0.589. The van der Waals surface area contributed by atoms with E-state index in [1.165, 1.54) is 21.6 Å². The van der Waals surface area contributed by atoms with E-state index >= 15 is 0 Å². The molecule has 0 N–H and O–H groups in total. The molecule has 100 valence electrons. The highest BCUT2D eigenvalue weighted by molar-refractivity contribution is 7.14. The second-order valence-corrected chi connectivity index (χ2v) is 6.42. The summed E-state index contributed by atoms with van der Waals surface area (Å²) in [7, 11) is 0. The number of rotatable bonds is 2. The Morgan fingerprint density at radius 2 is 1.45 bits per heavy atom. The summed E-state index contributed by atoms with van der Waals surface area (Å²) in [5.41, 5.74) is 4.84. The lowest BCUT2D eigenvalue weighted by Crippen LogP contribution is -1.76. The highest BCUT2D eigenvalue weighted by Crippen LogP contribution is 2.35. The topological polar surface area (TPSA) is 0 Å². The number of hydrogen-bond donors (Lipinski definition) is 0. The monoisotopic (exact) mass is 318 g/mol. The van der Waals surface area contributed by atoms with Gasteiger partial charge in [0, 0.05) is 4.88 Å². The van der Waals surface area contributed by atoms with Gasteiger partial charge in [-0.15, -0.1) is 11.3 Å². The molecular weight excluding hydrogens is 307 g/mol. The van der Waals surface area contributed by atoms with Crippen LogP contribution in [0.15, 0.2) is 53.9 Å². The summed E-state index contributed by atoms with van der Waals surface area (Å²) in [5, 5.41) is 3.35. The molecule has 0 aliphatic carbocycles. The van der Waals surface area contributed by atoms with Gasteiger partial charge < -0.3 is 0 Å². The van der Waals surface area contributed by atoms with Crippen LogP contribution in [0.2, 0.25) is 10.0 Å². The molecule has 0 aliphatic rings. The SMILES string of the molecule is Cc1ccc(-c2csc(-c3ccc(Cl)c(Cl)c3)c2)cc1. The average Bonchev–Trinajstić information content (AvgIpc) is 2.92. The van der Waals surface area contributed by atoms with Crippen molar-refractivity contribution < 1.29 is 0 Å². The van der Waals surface area contributed by atoms with E-state index in [1.807, 2.05) is 18.2 Å². The predicted octanol–water partition coefficient (Wildman–Crippen LogP) is 6.70. The first-order valence-electron chi connectivity index (χ1n) is 6.24. The van der Waals surface area contributed by atoms with Gasteiger partial charge in [0.05, 0.1) is 10.0 Å². The van der Waals surface area contributed by atoms with Crippen molar-refractivity contribution in [2.45, 2.75) is 6.92 Å². The van der Waals surface area contributed by atoms with Crippen LogP contribution in [0.1, 0.15) is 5.56 Å². The molecule has 1 heterocycles. The lowest BCUT2D eigenvalue weighted by Gasteiger charge is -2.00. The van der Waals surface area contributed by atoms with Gasteiger partial charge >= 0.3 is 0 Å². The standard InChI is InChI=1S/C17H12Cl2S/c1-11-2-4-12(5-3-11)14-9-17(20-10-14)13-6-7-15(18)16(19)8-13/h2-10H,1H3. The van der Waals surface area contributed by atoms with Crippen molar-refractivity contribution in [1.29, 1.82) is 0 Å². The summed E-state index contributed by atoms with van der Waals surface area (Å²) in [5.74, 6) is 0. The molecule has 2 aromatic carbocycles. The van der Waals surface area contributed by atoms with E-state index in [4.69, 9.17) is 23.2 Å². The van der Waals surface area contributed by atoms with Crippen LogP contribution < -0.4 is 0 Å². The van der Waals surface area contributed by atoms with Crippen molar-refractivity contribution in [2.24, 2.45) is 0 Å². The number of benzene rings is 2. The van der Waals surface area contributed by atoms with Crippen molar-refractivity contribution in [1.82, 2.24) is 0 Å². The third-order valence-corrected chi connectivity index (χ3v) is 4.91. The van der Waals surface area contributed by atoms with Gasteiger partial charge in [-0.2, -0.15) is 0 Å². The van der Waals surface area contributed by atoms with Crippen molar-refractivity contribution in [3.05, 3.63) is 69.5 Å². The molecule has 0 spiro atoms. The minimum absolute atomic E-state index is 0.589. The molecule has 0 saturated heterocycles. The van der Waals surface area contributed by atoms with Gasteiger partial charge in [0.1, 0.15) is 0 Å². The maximum absolute atomic E-state index is 6.08. The zero-order valence-electron chi connectivity index (χ0n) is 10.9. The molecule has 0 radical (unpaired) electrons. The molecule has 0 fully saturated rings. The molecule has 0 amide bonds. The van der Waals surface area contributed by atoms with Crippen LogP contribution in [0.4, 0.5) is 0 Å². The Kier molecular flexibility index (Phi) is 3.84. The fourth-order valence-corrected chi connectivity index (χ4v) is 3.25. The van der Waals surface area contributed by atoms with Crippen LogP contribution in [0.3, 0.4) is 0 Å². The molecule has 3 aromatic rings. The largest absolute Gasteiger partial charge is 0.143 e. The summed E-state index contributed by atoms with van der Waals surface area (Å²) in [6.45, 7) is 2.10. The molecule has 0 unspecified atom stereocenters. The van der Waals surface area contributed by atoms with Gasteiger partial charge in [-0.1, -0.05) is 59.1 Å². The molecule has 3 rings (SSSR count). The minimum Gasteiger partial charge on any atom is -0.143 e. The molecule has 3 heteroatoms. The first-order valence-corrected chi connectivity index (χ1v) is 7.88. The lowest BCUT2D eigenvalue weighted by molar-refractivity contribution is 1.47. The quantitative estimate of drug-likeness (QED) is 0.493. The Labute approximate surface area is 132 Å². The van der Waals surface area contributed by atoms with Crippen molar-refractivity contribution in [3.63, 3.8) is 0 Å². The summed E-state index contributed by atoms with van der Waals surface area (Å²) >= 11 is 13.7. The maximum Gasteiger partial charge on any atom is 0.0598 e. The molecule has 1 aromatic heterocycles. The Bertz CT molecular complexity index is 742. The van der Waals surface area contributed by atoms with E-state index in [0.29, 0.717) is 10.0 Å². The van der Waals surface area contributed by atoms with Gasteiger partial charge in [-0.25, -0.2) is 0 Å². The number of halogens is 2. The lowest BCUT2D eigenvalue weighted by atomic mass is 10.1. The molecule has 0 nitrogen and oxygen atoms in total. The second-order valence-electron chi connectivity index (χ2n) is 4.69. The summed E-state index contributed by atoms with van der Waals surface area (Å²) in [6, 6.07) is 16.5. The van der Waals surface area contributed by atoms with Crippen LogP contribution in [-0.4, -0.2) is 0 Å². The van der Waals surface area contributed by atoms with Crippen LogP contribution in [0, 0.1) is 6.92 Å². The molecule has 0 aliphatic heterocycles. The van der Waals surface area contributed by atoms with Gasteiger partial charge in [0.2, 0.25) is 0 Å². The van der Waals surface area contributed by atoms with Crippen molar-refractivity contribution in [3.8, 4) is 21.6 Å². The molecule has 0 bridgehead atoms. The highest BCUT2D eigenvalue weighted by Gasteiger charge is 2.06. The molecule has 0 atom stereocenters. The first-order chi connectivity index (χ1) is 9.63. The Hall–Kier alpha value is -1.28. The second kappa shape index (κ2) is 5.61. The zero-order valence-corrected chi connectivity index (χ0v) is 13.2. The normalized spacial score (nSPS) is 10.8. The molecule has 20 heavy (non-hydrogen) atoms. The summed E-state index contributed by atoms with van der Waals surface area (Å²) in [4.78, 5) is 1.19. The predicted molar refractivity (Wildman–Crippen MR) is 89.9 cm³/mol. The van der Waals surface area contributed by atoms with Crippen molar-refractivity contribution >= 4 is 34.5 Å². The smallest absolute Gasteiger partial charge is 0.0598 e. The van der Waals surface area contributed by atoms with E-state index < -0.39 is 0 Å². The van der Waals surface area contributed by atoms with E-state index in [2.05, 4.69) is 42.6 Å². The third kappa shape index (κ3) is 2.76. The highest BCUT2D eigenvalue weighted by atomic mass is 35.5. The number of thiophene rings is 1. The fraction of sp³-hybridized carbons (Fsp3) is 0.0588. The fourth-order valence-electron chi connectivity index (χ4n) is 2.03. The average molecular weight is 319 g/mol. The Morgan fingerprint density at radius 1 is 0.750 bits per heavy atom. The van der Waals surface area contributed by atoms with Crippen LogP contribution in [-0.2, 0) is 0 Å². The maximum atomic E-state index is 6.08.